The highest BCUT2D eigenvalue weighted by Gasteiger charge is 1.93. The minimum Gasteiger partial charge on any atom is -0.497 e. The third kappa shape index (κ3) is 26.0. The van der Waals surface area contributed by atoms with E-state index in [-0.39, 0.29) is 0 Å². The maximum Gasteiger partial charge on any atom is 0.212 e. The summed E-state index contributed by atoms with van der Waals surface area (Å²) in [5, 5.41) is 0. The highest BCUT2D eigenvalue weighted by molar-refractivity contribution is 5.33. The van der Waals surface area contributed by atoms with Crippen LogP contribution in [0.3, 0.4) is 0 Å². The molecule has 10 heteroatoms. The molecule has 7 aromatic rings. The van der Waals surface area contributed by atoms with Crippen LogP contribution >= 0.6 is 0 Å². The monoisotopic (exact) mass is 887 g/mol. The van der Waals surface area contributed by atoms with E-state index in [0.717, 1.165) is 51.6 Å². The molecule has 0 bridgehead atoms. The van der Waals surface area contributed by atoms with E-state index in [4.69, 9.17) is 42.6 Å². The van der Waals surface area contributed by atoms with Crippen molar-refractivity contribution in [1.29, 1.82) is 0 Å². The molecular weight excluding hydrogens is 819 g/mol. The fraction of sp³-hybridized carbons (Fsp3) is 0.255. The van der Waals surface area contributed by atoms with Gasteiger partial charge in [0, 0.05) is 18.3 Å². The van der Waals surface area contributed by atoms with Gasteiger partial charge in [-0.3, -0.25) is 0 Å². The van der Waals surface area contributed by atoms with Crippen molar-refractivity contribution in [1.82, 2.24) is 4.98 Å². The van der Waals surface area contributed by atoms with Gasteiger partial charge in [-0.05, 0) is 136 Å². The van der Waals surface area contributed by atoms with E-state index >= 15 is 0 Å². The summed E-state index contributed by atoms with van der Waals surface area (Å²) in [6.45, 7) is 10.2. The van der Waals surface area contributed by atoms with Gasteiger partial charge in [-0.2, -0.15) is 0 Å². The first-order chi connectivity index (χ1) is 31.4. The molecule has 0 amide bonds. The summed E-state index contributed by atoms with van der Waals surface area (Å²) >= 11 is 0. The first kappa shape index (κ1) is 55.7. The molecule has 0 aliphatic heterocycles. The Hall–Kier alpha value is -7.33. The number of ether oxygens (including phenoxy) is 9. The lowest BCUT2D eigenvalue weighted by atomic mass is 10.2. The number of pyridine rings is 1. The second-order valence-electron chi connectivity index (χ2n) is 13.7. The van der Waals surface area contributed by atoms with Gasteiger partial charge < -0.3 is 42.6 Å². The van der Waals surface area contributed by atoms with Crippen molar-refractivity contribution in [2.45, 2.75) is 34.6 Å². The number of hydrogen-bond donors (Lipinski definition) is 0. The summed E-state index contributed by atoms with van der Waals surface area (Å²) in [6.07, 6.45) is 1.78. The standard InChI is InChI=1S/2C8H10O2.4C8H10O.C7H9NO/c1-9-7-3-5-8(10-2)6-4-7;1-9-7-4-3-5-8(6-7)10-2;2*1-7-3-5-8(9-2)6-4-7;2*1-7-4-3-5-8(6-7)9-2;1-6-3-4-7(9-2)8-5-6/h2*3-6H,1-2H3;4*3-6H,1-2H3;3-5H,1-2H3. The van der Waals surface area contributed by atoms with Crippen molar-refractivity contribution in [3.05, 3.63) is 192 Å². The summed E-state index contributed by atoms with van der Waals surface area (Å²) < 4.78 is 44.7. The Morgan fingerprint density at radius 2 is 0.523 bits per heavy atom. The van der Waals surface area contributed by atoms with Gasteiger partial charge in [0.15, 0.2) is 0 Å². The van der Waals surface area contributed by atoms with E-state index in [1.807, 2.05) is 178 Å². The van der Waals surface area contributed by atoms with E-state index in [0.29, 0.717) is 5.88 Å². The van der Waals surface area contributed by atoms with Crippen molar-refractivity contribution in [3.63, 3.8) is 0 Å². The van der Waals surface area contributed by atoms with E-state index in [9.17, 15) is 0 Å². The molecule has 0 spiro atoms. The number of nitrogens with zero attached hydrogens (tertiary/aromatic N) is 1. The molecular formula is C55H69NO9. The molecule has 7 rings (SSSR count). The number of aromatic nitrogens is 1. The second kappa shape index (κ2) is 34.2. The molecule has 1 aromatic heterocycles. The minimum atomic E-state index is 0.667. The molecule has 348 valence electrons. The number of hydrogen-bond acceptors (Lipinski definition) is 10. The molecule has 0 saturated carbocycles. The van der Waals surface area contributed by atoms with Crippen molar-refractivity contribution in [2.24, 2.45) is 0 Å². The van der Waals surface area contributed by atoms with Crippen molar-refractivity contribution < 1.29 is 42.6 Å². The van der Waals surface area contributed by atoms with Gasteiger partial charge in [0.2, 0.25) is 5.88 Å². The zero-order chi connectivity index (χ0) is 48.2. The lowest BCUT2D eigenvalue weighted by Gasteiger charge is -2.01. The van der Waals surface area contributed by atoms with Crippen LogP contribution in [0.15, 0.2) is 164 Å². The molecule has 0 atom stereocenters. The molecule has 0 N–H and O–H groups in total. The lowest BCUT2D eigenvalue weighted by Crippen LogP contribution is -1.85. The summed E-state index contributed by atoms with van der Waals surface area (Å²) in [7, 11) is 14.9. The highest BCUT2D eigenvalue weighted by Crippen LogP contribution is 2.18. The Morgan fingerprint density at radius 1 is 0.246 bits per heavy atom. The molecule has 65 heavy (non-hydrogen) atoms. The number of benzene rings is 6. The van der Waals surface area contributed by atoms with Crippen LogP contribution in [0.4, 0.5) is 0 Å². The van der Waals surface area contributed by atoms with Crippen LogP contribution in [0, 0.1) is 34.6 Å². The van der Waals surface area contributed by atoms with E-state index in [2.05, 4.69) is 18.8 Å². The van der Waals surface area contributed by atoms with E-state index < -0.39 is 0 Å². The molecule has 1 heterocycles. The van der Waals surface area contributed by atoms with Crippen LogP contribution in [-0.2, 0) is 0 Å². The summed E-state index contributed by atoms with van der Waals surface area (Å²) in [6, 6.07) is 50.6. The van der Waals surface area contributed by atoms with Crippen LogP contribution in [0.1, 0.15) is 27.8 Å². The van der Waals surface area contributed by atoms with Crippen molar-refractivity contribution in [3.8, 4) is 51.9 Å². The molecule has 0 aliphatic rings. The molecule has 0 aliphatic carbocycles. The fourth-order valence-corrected chi connectivity index (χ4v) is 4.85. The SMILES string of the molecule is COc1ccc(C)cc1.COc1ccc(C)cc1.COc1ccc(C)cn1.COc1ccc(OC)cc1.COc1cccc(C)c1.COc1cccc(C)c1.COc1cccc(OC)c1. The van der Waals surface area contributed by atoms with Crippen LogP contribution in [0.2, 0.25) is 0 Å². The average molecular weight is 888 g/mol. The number of aryl methyl sites for hydroxylation is 5. The van der Waals surface area contributed by atoms with Crippen LogP contribution in [-0.4, -0.2) is 69.0 Å². The van der Waals surface area contributed by atoms with Gasteiger partial charge in [0.25, 0.3) is 0 Å². The minimum absolute atomic E-state index is 0.667. The molecule has 6 aromatic carbocycles. The zero-order valence-corrected chi connectivity index (χ0v) is 40.7. The smallest absolute Gasteiger partial charge is 0.212 e. The predicted molar refractivity (Wildman–Crippen MR) is 266 cm³/mol. The van der Waals surface area contributed by atoms with Gasteiger partial charge in [0.05, 0.1) is 64.0 Å². The van der Waals surface area contributed by atoms with Crippen LogP contribution in [0.5, 0.6) is 51.9 Å². The van der Waals surface area contributed by atoms with Crippen molar-refractivity contribution >= 4 is 0 Å². The third-order valence-corrected chi connectivity index (χ3v) is 8.63. The Labute approximate surface area is 388 Å². The van der Waals surface area contributed by atoms with E-state index in [1.165, 1.54) is 22.3 Å². The van der Waals surface area contributed by atoms with Gasteiger partial charge in [-0.15, -0.1) is 0 Å². The van der Waals surface area contributed by atoms with Crippen molar-refractivity contribution in [2.75, 3.05) is 64.0 Å². The topological polar surface area (TPSA) is 96.0 Å². The first-order valence-electron chi connectivity index (χ1n) is 20.6. The van der Waals surface area contributed by atoms with E-state index in [1.54, 1.807) is 70.2 Å². The van der Waals surface area contributed by atoms with Crippen LogP contribution in [0.25, 0.3) is 0 Å². The van der Waals surface area contributed by atoms with Crippen LogP contribution < -0.4 is 42.6 Å². The Bertz CT molecular complexity index is 2030. The average Bonchev–Trinajstić information content (AvgIpc) is 3.36. The Balaban J connectivity index is 0.000000379. The van der Waals surface area contributed by atoms with Gasteiger partial charge in [-0.25, -0.2) is 4.98 Å². The summed E-state index contributed by atoms with van der Waals surface area (Å²) in [5.74, 6) is 7.69. The summed E-state index contributed by atoms with van der Waals surface area (Å²) in [5.41, 5.74) is 6.13. The quantitative estimate of drug-likeness (QED) is 0.139. The normalized spacial score (nSPS) is 9.08. The fourth-order valence-electron chi connectivity index (χ4n) is 4.85. The number of methoxy groups -OCH3 is 9. The third-order valence-electron chi connectivity index (χ3n) is 8.63. The molecule has 0 saturated heterocycles. The number of rotatable bonds is 9. The van der Waals surface area contributed by atoms with Gasteiger partial charge in [-0.1, -0.05) is 71.8 Å². The Kier molecular flexibility index (Phi) is 29.3. The molecule has 0 fully saturated rings. The Morgan fingerprint density at radius 3 is 0.769 bits per heavy atom. The molecule has 0 unspecified atom stereocenters. The highest BCUT2D eigenvalue weighted by atomic mass is 16.5. The summed E-state index contributed by atoms with van der Waals surface area (Å²) in [4.78, 5) is 3.97. The molecule has 10 nitrogen and oxygen atoms in total. The van der Waals surface area contributed by atoms with Gasteiger partial charge >= 0.3 is 0 Å². The largest absolute Gasteiger partial charge is 0.497 e. The lowest BCUT2D eigenvalue weighted by molar-refractivity contribution is 0.394. The first-order valence-corrected chi connectivity index (χ1v) is 20.6. The maximum atomic E-state index is 5.00. The molecule has 0 radical (unpaired) electrons. The second-order valence-corrected chi connectivity index (χ2v) is 13.7. The maximum absolute atomic E-state index is 5.00. The predicted octanol–water partition coefficient (Wildman–Crippen LogP) is 12.8. The van der Waals surface area contributed by atoms with Gasteiger partial charge in [0.1, 0.15) is 46.0 Å². The zero-order valence-electron chi connectivity index (χ0n) is 40.7.